The Kier molecular flexibility index (Phi) is 99.5. The normalized spacial score (nSPS) is 6.56. The van der Waals surface area contributed by atoms with Gasteiger partial charge in [0.15, 0.2) is 0 Å². The van der Waals surface area contributed by atoms with E-state index in [2.05, 4.69) is 163 Å². The fraction of sp³-hybridized carbons (Fsp3) is 0.103. The fourth-order valence-corrected chi connectivity index (χ4v) is 8.76. The van der Waals surface area contributed by atoms with Crippen LogP contribution in [-0.2, 0) is 71.9 Å². The van der Waals surface area contributed by atoms with E-state index in [4.69, 9.17) is 38.4 Å². The predicted octanol–water partition coefficient (Wildman–Crippen LogP) is -0.144. The molecule has 0 heterocycles. The van der Waals surface area contributed by atoms with Crippen molar-refractivity contribution >= 4 is 96.2 Å². The van der Waals surface area contributed by atoms with Crippen molar-refractivity contribution in [2.24, 2.45) is 0 Å². The van der Waals surface area contributed by atoms with Gasteiger partial charge in [0.05, 0.1) is 0 Å². The first-order valence-corrected chi connectivity index (χ1v) is 20.9. The number of hydrogen-bond acceptors (Lipinski definition) is 8. The molecular formula is C29H26Co2Ge2O8. The molecule has 0 atom stereocenters. The van der Waals surface area contributed by atoms with Crippen LogP contribution in [0.2, 0.25) is 17.3 Å². The second-order valence-corrected chi connectivity index (χ2v) is 19.7. The van der Waals surface area contributed by atoms with Gasteiger partial charge in [0.2, 0.25) is 0 Å². The Labute approximate surface area is 274 Å². The van der Waals surface area contributed by atoms with Crippen molar-refractivity contribution in [1.82, 2.24) is 0 Å². The molecule has 0 bridgehead atoms. The van der Waals surface area contributed by atoms with E-state index in [1.807, 2.05) is 0 Å². The SMILES string of the molecule is [CH3][GeH]([CH3])[CH3].[C]=O.[C]=O.[C]=O.[C]=O.[C]=O.[C]=O.[C]=O.[C]=O.[Co].[Co].c1cc[c]([GeH]([c]2ccccc2)[c]2ccccc2)cc1. The van der Waals surface area contributed by atoms with Gasteiger partial charge in [-0.2, -0.15) is 0 Å². The summed E-state index contributed by atoms with van der Waals surface area (Å²) in [4.78, 5) is 60.0. The minimum absolute atomic E-state index is 0. The Balaban J connectivity index is -0.0000000567. The molecule has 41 heavy (non-hydrogen) atoms. The molecule has 0 saturated heterocycles. The Morgan fingerprint density at radius 2 is 0.463 bits per heavy atom. The molecule has 0 fully saturated rings. The van der Waals surface area contributed by atoms with Gasteiger partial charge in [-0.25, -0.2) is 0 Å². The van der Waals surface area contributed by atoms with Gasteiger partial charge >= 0.3 is 150 Å². The summed E-state index contributed by atoms with van der Waals surface area (Å²) >= 11 is -2.35. The summed E-state index contributed by atoms with van der Waals surface area (Å²) in [5.41, 5.74) is 0. The van der Waals surface area contributed by atoms with Crippen molar-refractivity contribution in [3.63, 3.8) is 0 Å². The Morgan fingerprint density at radius 3 is 0.585 bits per heavy atom. The van der Waals surface area contributed by atoms with Gasteiger partial charge in [0.1, 0.15) is 0 Å². The van der Waals surface area contributed by atoms with E-state index in [1.165, 1.54) is 13.2 Å². The zero-order valence-corrected chi connectivity index (χ0v) is 29.2. The molecular weight excluding hydrogens is 739 g/mol. The van der Waals surface area contributed by atoms with Gasteiger partial charge in [0.25, 0.3) is 54.3 Å². The second-order valence-electron chi connectivity index (χ2n) is 6.40. The maximum atomic E-state index is 7.50. The maximum absolute atomic E-state index is 7.50. The van der Waals surface area contributed by atoms with Gasteiger partial charge < -0.3 is 0 Å². The van der Waals surface area contributed by atoms with E-state index in [0.29, 0.717) is 0 Å². The molecule has 0 aromatic heterocycles. The van der Waals surface area contributed by atoms with Gasteiger partial charge in [-0.15, -0.1) is 0 Å². The summed E-state index contributed by atoms with van der Waals surface area (Å²) in [5, 5.41) is 0. The molecule has 0 saturated carbocycles. The molecule has 216 valence electrons. The van der Waals surface area contributed by atoms with E-state index in [-0.39, 0.29) is 33.6 Å². The number of hydrogen-bond donors (Lipinski definition) is 0. The number of rotatable bonds is 3. The molecule has 3 aromatic carbocycles. The molecule has 0 aliphatic heterocycles. The van der Waals surface area contributed by atoms with Crippen molar-refractivity contribution in [3.8, 4) is 0 Å². The topological polar surface area (TPSA) is 137 Å². The van der Waals surface area contributed by atoms with Crippen LogP contribution in [0.15, 0.2) is 91.0 Å². The Hall–Kier alpha value is -2.88. The average molecular weight is 766 g/mol. The molecule has 3 rings (SSSR count). The molecule has 0 aliphatic carbocycles. The van der Waals surface area contributed by atoms with Crippen LogP contribution in [-0.4, -0.2) is 83.0 Å². The van der Waals surface area contributed by atoms with E-state index in [0.717, 1.165) is 0 Å². The van der Waals surface area contributed by atoms with Gasteiger partial charge in [-0.3, -0.25) is 38.4 Å². The van der Waals surface area contributed by atoms with Crippen LogP contribution >= 0.6 is 0 Å². The molecule has 0 N–H and O–H groups in total. The van der Waals surface area contributed by atoms with Crippen molar-refractivity contribution < 1.29 is 71.9 Å². The van der Waals surface area contributed by atoms with Crippen LogP contribution in [0.3, 0.4) is 0 Å². The van der Waals surface area contributed by atoms with Crippen LogP contribution in [0.4, 0.5) is 0 Å². The van der Waals surface area contributed by atoms with Crippen molar-refractivity contribution in [1.29, 1.82) is 0 Å². The summed E-state index contributed by atoms with van der Waals surface area (Å²) in [5.74, 6) is 7.06. The molecule has 0 spiro atoms. The molecule has 0 amide bonds. The first-order chi connectivity index (χ1) is 19.2. The summed E-state index contributed by atoms with van der Waals surface area (Å²) in [6.07, 6.45) is 0. The minimum atomic E-state index is -1.87. The van der Waals surface area contributed by atoms with Crippen LogP contribution in [0.1, 0.15) is 0 Å². The Bertz CT molecular complexity index is 704. The van der Waals surface area contributed by atoms with E-state index >= 15 is 0 Å². The Morgan fingerprint density at radius 1 is 0.341 bits per heavy atom. The number of benzene rings is 3. The van der Waals surface area contributed by atoms with E-state index in [9.17, 15) is 0 Å². The molecule has 0 unspecified atom stereocenters. The van der Waals surface area contributed by atoms with Crippen molar-refractivity contribution in [2.45, 2.75) is 17.3 Å². The third-order valence-electron chi connectivity index (χ3n) is 3.40. The summed E-state index contributed by atoms with van der Waals surface area (Å²) in [6, 6.07) is 32.9. The molecule has 8 nitrogen and oxygen atoms in total. The van der Waals surface area contributed by atoms with Crippen LogP contribution in [0.5, 0.6) is 0 Å². The zero-order chi connectivity index (χ0) is 32.5. The first kappa shape index (κ1) is 61.9. The average Bonchev–Trinajstić information content (AvgIpc) is 3.06. The second kappa shape index (κ2) is 65.8. The predicted molar refractivity (Wildman–Crippen MR) is 156 cm³/mol. The first-order valence-electron chi connectivity index (χ1n) is 9.96. The number of carbonyl (C=O) groups excluding carboxylic acids is 8. The van der Waals surface area contributed by atoms with Gasteiger partial charge in [-0.1, -0.05) is 0 Å². The quantitative estimate of drug-likeness (QED) is 0.337. The van der Waals surface area contributed by atoms with Crippen LogP contribution in [0, 0.1) is 0 Å². The molecule has 0 aliphatic rings. The monoisotopic (exact) mass is 768 g/mol. The van der Waals surface area contributed by atoms with Crippen LogP contribution < -0.4 is 13.2 Å². The van der Waals surface area contributed by atoms with E-state index < -0.39 is 28.7 Å². The van der Waals surface area contributed by atoms with Crippen LogP contribution in [0.25, 0.3) is 0 Å². The van der Waals surface area contributed by atoms with Crippen molar-refractivity contribution in [2.75, 3.05) is 0 Å². The van der Waals surface area contributed by atoms with Gasteiger partial charge in [-0.05, 0) is 0 Å². The summed E-state index contributed by atoms with van der Waals surface area (Å²) in [6.45, 7) is 36.0. The van der Waals surface area contributed by atoms with Gasteiger partial charge in [0, 0.05) is 33.6 Å². The zero-order valence-electron chi connectivity index (χ0n) is 22.2. The third-order valence-corrected chi connectivity index (χ3v) is 10.0. The summed E-state index contributed by atoms with van der Waals surface area (Å²) < 4.78 is 4.56. The standard InChI is InChI=1S/C18H16Ge.C3H10Ge.8CO.2Co/c1-4-10-16(11-5-1)19(17-12-6-2-7-13-17)18-14-8-3-9-15-18;1-4(2)3;8*1-2;;/h1-15,19H;4H,1-3H3;;;;;;;;;;. The third kappa shape index (κ3) is 41.7. The summed E-state index contributed by atoms with van der Waals surface area (Å²) in [7, 11) is 0. The molecule has 18 radical (unpaired) electrons. The fourth-order valence-electron chi connectivity index (χ4n) is 2.51. The van der Waals surface area contributed by atoms with Crippen molar-refractivity contribution in [3.05, 3.63) is 91.0 Å². The van der Waals surface area contributed by atoms with E-state index in [1.54, 1.807) is 0 Å². The molecule has 3 aromatic rings. The molecule has 12 heteroatoms.